The first-order valence-corrected chi connectivity index (χ1v) is 10.5. The van der Waals surface area contributed by atoms with Crippen LogP contribution in [0.1, 0.15) is 49.7 Å². The number of hydrogen-bond acceptors (Lipinski definition) is 3. The summed E-state index contributed by atoms with van der Waals surface area (Å²) in [5.74, 6) is 4.40. The van der Waals surface area contributed by atoms with E-state index in [2.05, 4.69) is 29.3 Å². The molecule has 0 N–H and O–H groups in total. The molecule has 0 atom stereocenters. The lowest BCUT2D eigenvalue weighted by Crippen LogP contribution is -2.48. The third-order valence-corrected chi connectivity index (χ3v) is 7.29. The molecule has 4 aliphatic carbocycles. The van der Waals surface area contributed by atoms with Crippen LogP contribution in [-0.4, -0.2) is 20.4 Å². The van der Waals surface area contributed by atoms with Crippen molar-refractivity contribution in [3.8, 4) is 11.5 Å². The lowest BCUT2D eigenvalue weighted by atomic mass is 9.48. The van der Waals surface area contributed by atoms with E-state index in [1.165, 1.54) is 38.5 Å². The van der Waals surface area contributed by atoms with E-state index in [9.17, 15) is 0 Å². The second-order valence-electron chi connectivity index (χ2n) is 9.12. The summed E-state index contributed by atoms with van der Waals surface area (Å²) in [7, 11) is 3.30. The Bertz CT molecular complexity index is 849. The molecule has 2 aromatic rings. The molecule has 146 valence electrons. The van der Waals surface area contributed by atoms with Gasteiger partial charge >= 0.3 is 0 Å². The van der Waals surface area contributed by atoms with Crippen LogP contribution in [0.2, 0.25) is 0 Å². The standard InChI is InChI=1S/C25H29NO2/c1-27-23-8-3-17(12-24(23)28-2)16-26-22-6-4-21(5-7-22)25-13-18-9-19(14-25)11-20(10-18)15-25/h3-8,12,16,18-20H,9-11,13-15H2,1-2H3. The number of hydrogen-bond donors (Lipinski definition) is 0. The molecular formula is C25H29NO2. The Morgan fingerprint density at radius 1 is 0.821 bits per heavy atom. The quantitative estimate of drug-likeness (QED) is 0.607. The molecule has 0 aromatic heterocycles. The molecule has 0 aliphatic heterocycles. The molecule has 0 radical (unpaired) electrons. The van der Waals surface area contributed by atoms with Gasteiger partial charge in [0.1, 0.15) is 0 Å². The molecule has 0 heterocycles. The molecule has 3 nitrogen and oxygen atoms in total. The monoisotopic (exact) mass is 375 g/mol. The van der Waals surface area contributed by atoms with Gasteiger partial charge in [0.2, 0.25) is 0 Å². The third-order valence-electron chi connectivity index (χ3n) is 7.29. The zero-order valence-electron chi connectivity index (χ0n) is 16.9. The van der Waals surface area contributed by atoms with E-state index < -0.39 is 0 Å². The number of benzene rings is 2. The van der Waals surface area contributed by atoms with E-state index in [1.807, 2.05) is 24.4 Å². The summed E-state index contributed by atoms with van der Waals surface area (Å²) >= 11 is 0. The van der Waals surface area contributed by atoms with Crippen LogP contribution in [0.4, 0.5) is 5.69 Å². The molecular weight excluding hydrogens is 346 g/mol. The van der Waals surface area contributed by atoms with Gasteiger partial charge in [0.05, 0.1) is 19.9 Å². The minimum atomic E-state index is 0.459. The van der Waals surface area contributed by atoms with Crippen molar-refractivity contribution in [3.05, 3.63) is 53.6 Å². The SMILES string of the molecule is COc1ccc(C=Nc2ccc(C34CC5CC(CC(C5)C3)C4)cc2)cc1OC. The Balaban J connectivity index is 1.34. The maximum Gasteiger partial charge on any atom is 0.161 e. The molecule has 4 saturated carbocycles. The fourth-order valence-corrected chi connectivity index (χ4v) is 6.45. The van der Waals surface area contributed by atoms with Gasteiger partial charge in [-0.1, -0.05) is 12.1 Å². The van der Waals surface area contributed by atoms with Crippen molar-refractivity contribution in [1.29, 1.82) is 0 Å². The molecule has 0 unspecified atom stereocenters. The summed E-state index contributed by atoms with van der Waals surface area (Å²) in [4.78, 5) is 4.67. The average molecular weight is 376 g/mol. The summed E-state index contributed by atoms with van der Waals surface area (Å²) < 4.78 is 10.7. The van der Waals surface area contributed by atoms with Crippen LogP contribution < -0.4 is 9.47 Å². The average Bonchev–Trinajstić information content (AvgIpc) is 2.71. The number of nitrogens with zero attached hydrogens (tertiary/aromatic N) is 1. The number of aliphatic imine (C=N–C) groups is 1. The highest BCUT2D eigenvalue weighted by atomic mass is 16.5. The zero-order chi connectivity index (χ0) is 19.1. The Kier molecular flexibility index (Phi) is 4.41. The normalized spacial score (nSPS) is 30.7. The summed E-state index contributed by atoms with van der Waals surface area (Å²) in [5.41, 5.74) is 4.02. The van der Waals surface area contributed by atoms with Crippen LogP contribution >= 0.6 is 0 Å². The van der Waals surface area contributed by atoms with Gasteiger partial charge in [-0.2, -0.15) is 0 Å². The molecule has 28 heavy (non-hydrogen) atoms. The maximum absolute atomic E-state index is 5.37. The van der Waals surface area contributed by atoms with Crippen molar-refractivity contribution in [3.63, 3.8) is 0 Å². The highest BCUT2D eigenvalue weighted by Crippen LogP contribution is 2.60. The van der Waals surface area contributed by atoms with Crippen LogP contribution in [-0.2, 0) is 5.41 Å². The van der Waals surface area contributed by atoms with Crippen LogP contribution in [0.15, 0.2) is 47.5 Å². The van der Waals surface area contributed by atoms with Crippen molar-refractivity contribution in [2.45, 2.75) is 43.9 Å². The molecule has 3 heteroatoms. The summed E-state index contributed by atoms with van der Waals surface area (Å²) in [6.45, 7) is 0. The predicted molar refractivity (Wildman–Crippen MR) is 113 cm³/mol. The van der Waals surface area contributed by atoms with Crippen molar-refractivity contribution in [1.82, 2.24) is 0 Å². The lowest BCUT2D eigenvalue weighted by Gasteiger charge is -2.57. The molecule has 6 rings (SSSR count). The molecule has 0 saturated heterocycles. The fourth-order valence-electron chi connectivity index (χ4n) is 6.45. The minimum absolute atomic E-state index is 0.459. The summed E-state index contributed by atoms with van der Waals surface area (Å²) in [6.07, 6.45) is 10.6. The second kappa shape index (κ2) is 6.95. The first kappa shape index (κ1) is 17.8. The van der Waals surface area contributed by atoms with E-state index in [0.29, 0.717) is 5.41 Å². The first-order chi connectivity index (χ1) is 13.7. The Morgan fingerprint density at radius 3 is 2.00 bits per heavy atom. The van der Waals surface area contributed by atoms with E-state index in [-0.39, 0.29) is 0 Å². The van der Waals surface area contributed by atoms with Gasteiger partial charge in [-0.05, 0) is 103 Å². The van der Waals surface area contributed by atoms with Crippen LogP contribution in [0, 0.1) is 17.8 Å². The van der Waals surface area contributed by atoms with E-state index in [4.69, 9.17) is 9.47 Å². The van der Waals surface area contributed by atoms with Crippen molar-refractivity contribution < 1.29 is 9.47 Å². The molecule has 0 amide bonds. The Labute approximate surface area is 167 Å². The second-order valence-corrected chi connectivity index (χ2v) is 9.12. The van der Waals surface area contributed by atoms with Gasteiger partial charge < -0.3 is 9.47 Å². The van der Waals surface area contributed by atoms with Gasteiger partial charge in [0.15, 0.2) is 11.5 Å². The van der Waals surface area contributed by atoms with Gasteiger partial charge in [-0.3, -0.25) is 4.99 Å². The molecule has 4 fully saturated rings. The zero-order valence-corrected chi connectivity index (χ0v) is 16.9. The minimum Gasteiger partial charge on any atom is -0.493 e. The highest BCUT2D eigenvalue weighted by Gasteiger charge is 2.51. The highest BCUT2D eigenvalue weighted by molar-refractivity contribution is 5.83. The van der Waals surface area contributed by atoms with Crippen LogP contribution in [0.25, 0.3) is 0 Å². The largest absolute Gasteiger partial charge is 0.493 e. The topological polar surface area (TPSA) is 30.8 Å². The number of rotatable bonds is 5. The molecule has 4 bridgehead atoms. The van der Waals surface area contributed by atoms with Crippen molar-refractivity contribution >= 4 is 11.9 Å². The number of ether oxygens (including phenoxy) is 2. The lowest BCUT2D eigenvalue weighted by molar-refractivity contribution is -0.00518. The first-order valence-electron chi connectivity index (χ1n) is 10.5. The van der Waals surface area contributed by atoms with Crippen molar-refractivity contribution in [2.75, 3.05) is 14.2 Å². The van der Waals surface area contributed by atoms with Gasteiger partial charge in [0, 0.05) is 6.21 Å². The fraction of sp³-hybridized carbons (Fsp3) is 0.480. The van der Waals surface area contributed by atoms with Crippen LogP contribution in [0.5, 0.6) is 11.5 Å². The molecule has 2 aromatic carbocycles. The molecule has 0 spiro atoms. The van der Waals surface area contributed by atoms with Gasteiger partial charge in [0.25, 0.3) is 0 Å². The van der Waals surface area contributed by atoms with Gasteiger partial charge in [-0.25, -0.2) is 0 Å². The van der Waals surface area contributed by atoms with Crippen molar-refractivity contribution in [2.24, 2.45) is 22.7 Å². The van der Waals surface area contributed by atoms with Crippen LogP contribution in [0.3, 0.4) is 0 Å². The summed E-state index contributed by atoms with van der Waals surface area (Å²) in [6, 6.07) is 14.9. The van der Waals surface area contributed by atoms with E-state index in [1.54, 1.807) is 19.8 Å². The summed E-state index contributed by atoms with van der Waals surface area (Å²) in [5, 5.41) is 0. The molecule has 4 aliphatic rings. The third kappa shape index (κ3) is 3.11. The smallest absolute Gasteiger partial charge is 0.161 e. The van der Waals surface area contributed by atoms with E-state index in [0.717, 1.165) is 40.5 Å². The van der Waals surface area contributed by atoms with Gasteiger partial charge in [-0.15, -0.1) is 0 Å². The predicted octanol–water partition coefficient (Wildman–Crippen LogP) is 5.92. The number of methoxy groups -OCH3 is 2. The maximum atomic E-state index is 5.37. The Morgan fingerprint density at radius 2 is 1.43 bits per heavy atom. The Hall–Kier alpha value is -2.29. The van der Waals surface area contributed by atoms with E-state index >= 15 is 0 Å².